The molecule has 0 radical (unpaired) electrons. The molecule has 5 fully saturated rings. The molecule has 158 valence electrons. The quantitative estimate of drug-likeness (QED) is 0.667. The molecular formula is C20H30O8. The number of carbonyl (C=O) groups excluding carboxylic acids is 1. The molecule has 4 aliphatic heterocycles. The zero-order chi connectivity index (χ0) is 19.7. The van der Waals surface area contributed by atoms with Crippen LogP contribution >= 0.6 is 0 Å². The Kier molecular flexibility index (Phi) is 4.36. The fourth-order valence-corrected chi connectivity index (χ4v) is 5.13. The number of hydrogen-bond donors (Lipinski definition) is 0. The van der Waals surface area contributed by atoms with E-state index < -0.39 is 36.2 Å². The third-order valence-corrected chi connectivity index (χ3v) is 6.43. The second-order valence-corrected chi connectivity index (χ2v) is 9.58. The molecule has 1 saturated carbocycles. The van der Waals surface area contributed by atoms with Gasteiger partial charge in [0.25, 0.3) is 0 Å². The maximum atomic E-state index is 12.9. The average molecular weight is 398 g/mol. The van der Waals surface area contributed by atoms with Crippen LogP contribution in [0.5, 0.6) is 0 Å². The maximum Gasteiger partial charge on any atom is 0.309 e. The van der Waals surface area contributed by atoms with E-state index in [4.69, 9.17) is 33.2 Å². The van der Waals surface area contributed by atoms with Gasteiger partial charge in [0, 0.05) is 6.61 Å². The van der Waals surface area contributed by atoms with Gasteiger partial charge in [0.05, 0.1) is 18.1 Å². The van der Waals surface area contributed by atoms with Crippen molar-refractivity contribution in [1.29, 1.82) is 0 Å². The third-order valence-electron chi connectivity index (χ3n) is 6.43. The Bertz CT molecular complexity index is 632. The normalized spacial score (nSPS) is 48.6. The molecule has 0 bridgehead atoms. The summed E-state index contributed by atoms with van der Waals surface area (Å²) in [6.07, 6.45) is 1.07. The number of hydrogen-bond acceptors (Lipinski definition) is 8. The summed E-state index contributed by atoms with van der Waals surface area (Å²) in [7, 11) is 0. The van der Waals surface area contributed by atoms with Crippen LogP contribution in [0.2, 0.25) is 0 Å². The van der Waals surface area contributed by atoms with E-state index >= 15 is 0 Å². The smallest absolute Gasteiger partial charge is 0.309 e. The molecule has 0 aromatic carbocycles. The van der Waals surface area contributed by atoms with Crippen molar-refractivity contribution in [3.05, 3.63) is 0 Å². The number of fused-ring (bicyclic) bond motifs is 1. The van der Waals surface area contributed by atoms with Crippen molar-refractivity contribution in [2.45, 2.75) is 101 Å². The van der Waals surface area contributed by atoms with Crippen LogP contribution in [0.4, 0.5) is 0 Å². The first-order valence-corrected chi connectivity index (χ1v) is 10.3. The second-order valence-electron chi connectivity index (χ2n) is 9.58. The lowest BCUT2D eigenvalue weighted by atomic mass is 9.69. The Morgan fingerprint density at radius 3 is 2.39 bits per heavy atom. The zero-order valence-corrected chi connectivity index (χ0v) is 17.0. The minimum Gasteiger partial charge on any atom is -0.456 e. The first-order valence-electron chi connectivity index (χ1n) is 10.3. The summed E-state index contributed by atoms with van der Waals surface area (Å²) in [4.78, 5) is 12.9. The first-order chi connectivity index (χ1) is 13.2. The number of carbonyl (C=O) groups is 1. The van der Waals surface area contributed by atoms with E-state index in [1.54, 1.807) is 0 Å². The molecule has 5 atom stereocenters. The van der Waals surface area contributed by atoms with Crippen LogP contribution in [-0.4, -0.2) is 67.1 Å². The largest absolute Gasteiger partial charge is 0.456 e. The van der Waals surface area contributed by atoms with Gasteiger partial charge in [-0.25, -0.2) is 0 Å². The van der Waals surface area contributed by atoms with Crippen molar-refractivity contribution in [3.8, 4) is 0 Å². The molecule has 5 aliphatic rings. The number of esters is 1. The topological polar surface area (TPSA) is 81.7 Å². The second kappa shape index (κ2) is 6.36. The van der Waals surface area contributed by atoms with Gasteiger partial charge in [-0.2, -0.15) is 0 Å². The fourth-order valence-electron chi connectivity index (χ4n) is 5.13. The lowest BCUT2D eigenvalue weighted by molar-refractivity contribution is -0.237. The molecule has 28 heavy (non-hydrogen) atoms. The summed E-state index contributed by atoms with van der Waals surface area (Å²) in [5.41, 5.74) is -0.0980. The van der Waals surface area contributed by atoms with Crippen molar-refractivity contribution in [2.24, 2.45) is 5.92 Å². The minimum atomic E-state index is -0.782. The molecule has 5 rings (SSSR count). The van der Waals surface area contributed by atoms with Crippen LogP contribution in [0, 0.1) is 5.92 Å². The van der Waals surface area contributed by atoms with E-state index in [1.165, 1.54) is 0 Å². The maximum absolute atomic E-state index is 12.9. The highest BCUT2D eigenvalue weighted by atomic mass is 16.8. The number of rotatable bonds is 3. The molecule has 0 aromatic heterocycles. The average Bonchev–Trinajstić information content (AvgIpc) is 3.29. The van der Waals surface area contributed by atoms with Crippen molar-refractivity contribution in [1.82, 2.24) is 0 Å². The Labute approximate surface area is 165 Å². The predicted octanol–water partition coefficient (Wildman–Crippen LogP) is 1.89. The molecular weight excluding hydrogens is 368 g/mol. The van der Waals surface area contributed by atoms with Gasteiger partial charge < -0.3 is 33.2 Å². The van der Waals surface area contributed by atoms with E-state index in [0.29, 0.717) is 6.61 Å². The lowest BCUT2D eigenvalue weighted by Gasteiger charge is -2.43. The van der Waals surface area contributed by atoms with Gasteiger partial charge in [0.2, 0.25) is 0 Å². The van der Waals surface area contributed by atoms with Gasteiger partial charge in [-0.3, -0.25) is 4.79 Å². The molecule has 0 N–H and O–H groups in total. The van der Waals surface area contributed by atoms with Crippen LogP contribution in [0.15, 0.2) is 0 Å². The Hall–Kier alpha value is -0.770. The summed E-state index contributed by atoms with van der Waals surface area (Å²) in [5, 5.41) is 0. The van der Waals surface area contributed by atoms with Crippen LogP contribution in [0.25, 0.3) is 0 Å². The molecule has 8 nitrogen and oxygen atoms in total. The van der Waals surface area contributed by atoms with Gasteiger partial charge in [-0.1, -0.05) is 0 Å². The molecule has 1 spiro atoms. The lowest BCUT2D eigenvalue weighted by Crippen LogP contribution is -2.50. The van der Waals surface area contributed by atoms with Crippen molar-refractivity contribution in [2.75, 3.05) is 13.2 Å². The fraction of sp³-hybridized carbons (Fsp3) is 0.950. The summed E-state index contributed by atoms with van der Waals surface area (Å²) in [5.74, 6) is -1.83. The van der Waals surface area contributed by atoms with E-state index in [9.17, 15) is 4.79 Å². The predicted molar refractivity (Wildman–Crippen MR) is 94.1 cm³/mol. The monoisotopic (exact) mass is 398 g/mol. The molecule has 0 aromatic rings. The first kappa shape index (κ1) is 19.2. The molecule has 4 heterocycles. The van der Waals surface area contributed by atoms with Crippen molar-refractivity contribution in [3.63, 3.8) is 0 Å². The van der Waals surface area contributed by atoms with Gasteiger partial charge in [0.15, 0.2) is 30.1 Å². The molecule has 1 aliphatic carbocycles. The highest BCUT2D eigenvalue weighted by Gasteiger charge is 2.61. The molecule has 4 saturated heterocycles. The Morgan fingerprint density at radius 1 is 0.964 bits per heavy atom. The summed E-state index contributed by atoms with van der Waals surface area (Å²) in [6, 6.07) is 0. The standard InChI is InChI=1S/C20H30O8/c1-18(2)23-10-12(26-18)13-14(15-17(25-13)28-19(3,4)27-15)24-16(21)11-8-20(9-11)6-5-7-22-20/h11-15,17H,5-10H2,1-4H3/t11?,12-,13-,14+,15-,17-,20?/m1/s1. The third kappa shape index (κ3) is 3.28. The minimum absolute atomic E-state index is 0.0980. The highest BCUT2D eigenvalue weighted by Crippen LogP contribution is 2.49. The van der Waals surface area contributed by atoms with Gasteiger partial charge in [0.1, 0.15) is 12.2 Å². The molecule has 8 heteroatoms. The van der Waals surface area contributed by atoms with E-state index in [2.05, 4.69) is 0 Å². The molecule has 0 amide bonds. The van der Waals surface area contributed by atoms with E-state index in [0.717, 1.165) is 32.3 Å². The van der Waals surface area contributed by atoms with Crippen LogP contribution in [0.3, 0.4) is 0 Å². The van der Waals surface area contributed by atoms with Gasteiger partial charge in [-0.15, -0.1) is 0 Å². The van der Waals surface area contributed by atoms with Crippen molar-refractivity contribution < 1.29 is 38.0 Å². The van der Waals surface area contributed by atoms with E-state index in [1.807, 2.05) is 27.7 Å². The Balaban J connectivity index is 1.28. The SMILES string of the molecule is CC1(C)O[C@H]2O[C@H]([C@H]3COC(C)(C)O3)[C@H](OC(=O)C3CC4(CCCO4)C3)[C@H]2O1. The van der Waals surface area contributed by atoms with Crippen LogP contribution in [0.1, 0.15) is 53.4 Å². The summed E-state index contributed by atoms with van der Waals surface area (Å²) >= 11 is 0. The number of ether oxygens (including phenoxy) is 7. The van der Waals surface area contributed by atoms with E-state index in [-0.39, 0.29) is 23.6 Å². The molecule has 0 unspecified atom stereocenters. The van der Waals surface area contributed by atoms with Crippen LogP contribution < -0.4 is 0 Å². The summed E-state index contributed by atoms with van der Waals surface area (Å²) in [6.45, 7) is 8.53. The van der Waals surface area contributed by atoms with Crippen molar-refractivity contribution >= 4 is 5.97 Å². The van der Waals surface area contributed by atoms with Gasteiger partial charge in [-0.05, 0) is 53.4 Å². The zero-order valence-electron chi connectivity index (χ0n) is 17.0. The highest BCUT2D eigenvalue weighted by molar-refractivity contribution is 5.74. The summed E-state index contributed by atoms with van der Waals surface area (Å²) < 4.78 is 41.4. The Morgan fingerprint density at radius 2 is 1.75 bits per heavy atom. The van der Waals surface area contributed by atoms with Gasteiger partial charge >= 0.3 is 5.97 Å². The van der Waals surface area contributed by atoms with Crippen LogP contribution in [-0.2, 0) is 38.0 Å².